The van der Waals surface area contributed by atoms with E-state index in [9.17, 15) is 0 Å². The van der Waals surface area contributed by atoms with Crippen molar-refractivity contribution in [2.24, 2.45) is 11.7 Å². The molecule has 0 aliphatic carbocycles. The minimum atomic E-state index is 0.0565. The van der Waals surface area contributed by atoms with Gasteiger partial charge in [-0.25, -0.2) is 0 Å². The van der Waals surface area contributed by atoms with Crippen LogP contribution in [0, 0.1) is 12.8 Å². The third kappa shape index (κ3) is 3.38. The molecule has 1 rings (SSSR count). The van der Waals surface area contributed by atoms with Crippen molar-refractivity contribution in [1.29, 1.82) is 0 Å². The largest absolute Gasteiger partial charge is 0.493 e. The summed E-state index contributed by atoms with van der Waals surface area (Å²) in [5, 5.41) is 0. The van der Waals surface area contributed by atoms with Crippen LogP contribution in [0.1, 0.15) is 12.5 Å². The fraction of sp³-hybridized carbons (Fsp3) is 0.417. The fourth-order valence-electron chi connectivity index (χ4n) is 1.19. The lowest BCUT2D eigenvalue weighted by atomic mass is 10.2. The number of benzene rings is 1. The molecule has 0 fully saturated rings. The Balaban J connectivity index is 2.70. The lowest BCUT2D eigenvalue weighted by Gasteiger charge is -2.14. The summed E-state index contributed by atoms with van der Waals surface area (Å²) < 4.78 is 10.8. The molecular weight excluding hydrogens is 222 g/mol. The Morgan fingerprint density at radius 1 is 1.44 bits per heavy atom. The normalized spacial score (nSPS) is 11.9. The van der Waals surface area contributed by atoms with E-state index in [4.69, 9.17) is 27.4 Å². The van der Waals surface area contributed by atoms with Crippen LogP contribution in [0.5, 0.6) is 11.5 Å². The predicted octanol–water partition coefficient (Wildman–Crippen LogP) is 2.30. The lowest BCUT2D eigenvalue weighted by molar-refractivity contribution is 0.275. The summed E-state index contributed by atoms with van der Waals surface area (Å²) in [5.74, 6) is 1.51. The van der Waals surface area contributed by atoms with E-state index in [1.807, 2.05) is 32.0 Å². The number of thiocarbonyl (C=S) groups is 1. The van der Waals surface area contributed by atoms with Gasteiger partial charge in [-0.05, 0) is 24.6 Å². The maximum Gasteiger partial charge on any atom is 0.161 e. The molecule has 0 spiro atoms. The van der Waals surface area contributed by atoms with E-state index in [2.05, 4.69) is 0 Å². The molecule has 1 atom stereocenters. The molecule has 0 amide bonds. The topological polar surface area (TPSA) is 44.5 Å². The number of rotatable bonds is 5. The highest BCUT2D eigenvalue weighted by Gasteiger charge is 2.09. The summed E-state index contributed by atoms with van der Waals surface area (Å²) in [6, 6.07) is 5.80. The van der Waals surface area contributed by atoms with Gasteiger partial charge in [-0.15, -0.1) is 0 Å². The fourth-order valence-corrected chi connectivity index (χ4v) is 1.26. The third-order valence-corrected chi connectivity index (χ3v) is 2.70. The summed E-state index contributed by atoms with van der Waals surface area (Å²) in [4.78, 5) is 0.464. The first kappa shape index (κ1) is 12.8. The molecule has 0 radical (unpaired) electrons. The maximum atomic E-state index is 5.61. The SMILES string of the molecule is COc1cc(C)ccc1OCC(C)C(N)=S. The van der Waals surface area contributed by atoms with Crippen LogP contribution in [0.25, 0.3) is 0 Å². The van der Waals surface area contributed by atoms with E-state index >= 15 is 0 Å². The highest BCUT2D eigenvalue weighted by Crippen LogP contribution is 2.28. The van der Waals surface area contributed by atoms with E-state index < -0.39 is 0 Å². The minimum absolute atomic E-state index is 0.0565. The Kier molecular flexibility index (Phi) is 4.55. The van der Waals surface area contributed by atoms with Crippen LogP contribution >= 0.6 is 12.2 Å². The molecular formula is C12H17NO2S. The van der Waals surface area contributed by atoms with Gasteiger partial charge in [-0.1, -0.05) is 25.2 Å². The standard InChI is InChI=1S/C12H17NO2S/c1-8-4-5-10(11(6-8)14-3)15-7-9(2)12(13)16/h4-6,9H,7H2,1-3H3,(H2,13,16). The van der Waals surface area contributed by atoms with Crippen LogP contribution in [0.4, 0.5) is 0 Å². The van der Waals surface area contributed by atoms with Crippen molar-refractivity contribution < 1.29 is 9.47 Å². The van der Waals surface area contributed by atoms with Crippen molar-refractivity contribution in [3.8, 4) is 11.5 Å². The molecule has 16 heavy (non-hydrogen) atoms. The molecule has 4 heteroatoms. The summed E-state index contributed by atoms with van der Waals surface area (Å²) >= 11 is 4.88. The van der Waals surface area contributed by atoms with Crippen LogP contribution in [-0.4, -0.2) is 18.7 Å². The molecule has 0 aromatic heterocycles. The number of hydrogen-bond donors (Lipinski definition) is 1. The van der Waals surface area contributed by atoms with E-state index in [1.165, 1.54) is 0 Å². The monoisotopic (exact) mass is 239 g/mol. The van der Waals surface area contributed by atoms with Gasteiger partial charge in [0, 0.05) is 5.92 Å². The summed E-state index contributed by atoms with van der Waals surface area (Å²) in [7, 11) is 1.62. The van der Waals surface area contributed by atoms with Crippen LogP contribution < -0.4 is 15.2 Å². The highest BCUT2D eigenvalue weighted by molar-refractivity contribution is 7.80. The summed E-state index contributed by atoms with van der Waals surface area (Å²) in [6.07, 6.45) is 0. The molecule has 1 unspecified atom stereocenters. The second kappa shape index (κ2) is 5.70. The van der Waals surface area contributed by atoms with Gasteiger partial charge in [0.05, 0.1) is 18.7 Å². The molecule has 1 aromatic rings. The Morgan fingerprint density at radius 2 is 2.12 bits per heavy atom. The molecule has 0 aliphatic heterocycles. The maximum absolute atomic E-state index is 5.61. The first-order valence-corrected chi connectivity index (χ1v) is 5.52. The van der Waals surface area contributed by atoms with Crippen LogP contribution in [0.15, 0.2) is 18.2 Å². The van der Waals surface area contributed by atoms with Crippen molar-refractivity contribution >= 4 is 17.2 Å². The first-order chi connectivity index (χ1) is 7.54. The Morgan fingerprint density at radius 3 is 2.69 bits per heavy atom. The van der Waals surface area contributed by atoms with E-state index in [0.29, 0.717) is 11.6 Å². The van der Waals surface area contributed by atoms with Crippen LogP contribution in [-0.2, 0) is 0 Å². The number of nitrogens with two attached hydrogens (primary N) is 1. The molecule has 0 saturated carbocycles. The third-order valence-electron chi connectivity index (χ3n) is 2.29. The zero-order valence-electron chi connectivity index (χ0n) is 9.82. The minimum Gasteiger partial charge on any atom is -0.493 e. The van der Waals surface area contributed by atoms with Gasteiger partial charge in [0.15, 0.2) is 11.5 Å². The van der Waals surface area contributed by atoms with Gasteiger partial charge < -0.3 is 15.2 Å². The van der Waals surface area contributed by atoms with Gasteiger partial charge in [0.2, 0.25) is 0 Å². The van der Waals surface area contributed by atoms with Gasteiger partial charge in [-0.2, -0.15) is 0 Å². The number of hydrogen-bond acceptors (Lipinski definition) is 3. The molecule has 88 valence electrons. The van der Waals surface area contributed by atoms with Gasteiger partial charge in [0.1, 0.15) is 0 Å². The van der Waals surface area contributed by atoms with Gasteiger partial charge in [0.25, 0.3) is 0 Å². The van der Waals surface area contributed by atoms with Gasteiger partial charge in [-0.3, -0.25) is 0 Å². The van der Waals surface area contributed by atoms with E-state index in [-0.39, 0.29) is 5.92 Å². The predicted molar refractivity (Wildman–Crippen MR) is 69.2 cm³/mol. The van der Waals surface area contributed by atoms with Crippen molar-refractivity contribution in [2.75, 3.05) is 13.7 Å². The van der Waals surface area contributed by atoms with Crippen molar-refractivity contribution in [3.63, 3.8) is 0 Å². The number of methoxy groups -OCH3 is 1. The second-order valence-corrected chi connectivity index (χ2v) is 4.24. The van der Waals surface area contributed by atoms with E-state index in [1.54, 1.807) is 7.11 Å². The van der Waals surface area contributed by atoms with Crippen molar-refractivity contribution in [2.45, 2.75) is 13.8 Å². The lowest BCUT2D eigenvalue weighted by Crippen LogP contribution is -2.24. The Bertz CT molecular complexity index is 379. The molecule has 0 bridgehead atoms. The van der Waals surface area contributed by atoms with Gasteiger partial charge >= 0.3 is 0 Å². The molecule has 2 N–H and O–H groups in total. The Hall–Kier alpha value is -1.29. The highest BCUT2D eigenvalue weighted by atomic mass is 32.1. The quantitative estimate of drug-likeness (QED) is 0.801. The summed E-state index contributed by atoms with van der Waals surface area (Å²) in [5.41, 5.74) is 6.65. The zero-order chi connectivity index (χ0) is 12.1. The second-order valence-electron chi connectivity index (χ2n) is 3.77. The molecule has 3 nitrogen and oxygen atoms in total. The van der Waals surface area contributed by atoms with Crippen molar-refractivity contribution in [1.82, 2.24) is 0 Å². The number of aryl methyl sites for hydroxylation is 1. The first-order valence-electron chi connectivity index (χ1n) is 5.11. The average Bonchev–Trinajstić information content (AvgIpc) is 2.26. The van der Waals surface area contributed by atoms with Crippen LogP contribution in [0.2, 0.25) is 0 Å². The number of ether oxygens (including phenoxy) is 2. The molecule has 0 heterocycles. The van der Waals surface area contributed by atoms with Crippen LogP contribution in [0.3, 0.4) is 0 Å². The molecule has 0 aliphatic rings. The Labute approximate surface area is 102 Å². The smallest absolute Gasteiger partial charge is 0.161 e. The molecule has 0 saturated heterocycles. The van der Waals surface area contributed by atoms with E-state index in [0.717, 1.165) is 17.1 Å². The molecule has 1 aromatic carbocycles. The zero-order valence-corrected chi connectivity index (χ0v) is 10.6. The summed E-state index contributed by atoms with van der Waals surface area (Å²) in [6.45, 7) is 4.40. The average molecular weight is 239 g/mol. The van der Waals surface area contributed by atoms with Crippen molar-refractivity contribution in [3.05, 3.63) is 23.8 Å².